The first kappa shape index (κ1) is 13.5. The van der Waals surface area contributed by atoms with Crippen LogP contribution in [0.5, 0.6) is 11.5 Å². The summed E-state index contributed by atoms with van der Waals surface area (Å²) in [5.74, 6) is 2.48. The number of benzene rings is 1. The lowest BCUT2D eigenvalue weighted by Gasteiger charge is -2.09. The van der Waals surface area contributed by atoms with Gasteiger partial charge in [-0.15, -0.1) is 0 Å². The van der Waals surface area contributed by atoms with Crippen molar-refractivity contribution in [2.75, 3.05) is 19.2 Å². The first-order chi connectivity index (χ1) is 9.60. The molecule has 1 N–H and O–H groups in total. The van der Waals surface area contributed by atoms with Gasteiger partial charge < -0.3 is 14.8 Å². The third kappa shape index (κ3) is 2.19. The molecule has 0 amide bonds. The molecule has 0 aliphatic carbocycles. The molecule has 0 saturated carbocycles. The molecule has 1 aromatic heterocycles. The Labute approximate surface area is 129 Å². The Bertz CT molecular complexity index is 685. The number of nitrogens with one attached hydrogen (secondary N) is 1. The molecule has 0 atom stereocenters. The standard InChI is InChI=1S/C13H11BrClN3O2/c1-6-10(14)13(16-2)18-12(17-6)7-3-8(15)11-9(4-7)19-5-20-11/h3-4H,5H2,1-2H3,(H,16,17,18). The predicted octanol–water partition coefficient (Wildman–Crippen LogP) is 3.64. The summed E-state index contributed by atoms with van der Waals surface area (Å²) in [4.78, 5) is 8.93. The Kier molecular flexibility index (Phi) is 3.43. The summed E-state index contributed by atoms with van der Waals surface area (Å²) in [6.45, 7) is 2.09. The minimum absolute atomic E-state index is 0.181. The summed E-state index contributed by atoms with van der Waals surface area (Å²) in [7, 11) is 1.81. The number of hydrogen-bond donors (Lipinski definition) is 1. The summed E-state index contributed by atoms with van der Waals surface area (Å²) in [5, 5.41) is 3.52. The Morgan fingerprint density at radius 2 is 2.10 bits per heavy atom. The molecule has 0 fully saturated rings. The maximum absolute atomic E-state index is 6.18. The van der Waals surface area contributed by atoms with Crippen molar-refractivity contribution in [3.8, 4) is 22.9 Å². The lowest BCUT2D eigenvalue weighted by molar-refractivity contribution is 0.174. The van der Waals surface area contributed by atoms with Crippen molar-refractivity contribution in [3.05, 3.63) is 27.3 Å². The number of fused-ring (bicyclic) bond motifs is 1. The van der Waals surface area contributed by atoms with Gasteiger partial charge in [-0.2, -0.15) is 0 Å². The largest absolute Gasteiger partial charge is 0.454 e. The normalized spacial score (nSPS) is 12.6. The van der Waals surface area contributed by atoms with Crippen molar-refractivity contribution < 1.29 is 9.47 Å². The van der Waals surface area contributed by atoms with E-state index < -0.39 is 0 Å². The third-order valence-electron chi connectivity index (χ3n) is 2.94. The highest BCUT2D eigenvalue weighted by Crippen LogP contribution is 2.42. The van der Waals surface area contributed by atoms with Gasteiger partial charge >= 0.3 is 0 Å². The van der Waals surface area contributed by atoms with Gasteiger partial charge in [-0.1, -0.05) is 11.6 Å². The Balaban J connectivity index is 2.14. The molecule has 0 radical (unpaired) electrons. The van der Waals surface area contributed by atoms with Gasteiger partial charge in [-0.25, -0.2) is 9.97 Å². The number of halogens is 2. The fraction of sp³-hybridized carbons (Fsp3) is 0.231. The van der Waals surface area contributed by atoms with Crippen LogP contribution in [0.3, 0.4) is 0 Å². The van der Waals surface area contributed by atoms with Crippen molar-refractivity contribution in [1.82, 2.24) is 9.97 Å². The highest BCUT2D eigenvalue weighted by molar-refractivity contribution is 9.10. The number of aryl methyl sites for hydroxylation is 1. The van der Waals surface area contributed by atoms with Gasteiger partial charge in [-0.05, 0) is 35.0 Å². The molecule has 2 aromatic rings. The van der Waals surface area contributed by atoms with Gasteiger partial charge in [0.15, 0.2) is 17.3 Å². The quantitative estimate of drug-likeness (QED) is 0.890. The van der Waals surface area contributed by atoms with E-state index in [1.807, 2.05) is 20.0 Å². The summed E-state index contributed by atoms with van der Waals surface area (Å²) in [6.07, 6.45) is 0. The summed E-state index contributed by atoms with van der Waals surface area (Å²) in [6, 6.07) is 3.60. The van der Waals surface area contributed by atoms with E-state index in [0.29, 0.717) is 22.3 Å². The van der Waals surface area contributed by atoms with Gasteiger partial charge in [0.05, 0.1) is 15.2 Å². The van der Waals surface area contributed by atoms with Crippen LogP contribution >= 0.6 is 27.5 Å². The smallest absolute Gasteiger partial charge is 0.231 e. The lowest BCUT2D eigenvalue weighted by Crippen LogP contribution is -2.00. The first-order valence-electron chi connectivity index (χ1n) is 5.91. The number of aromatic nitrogens is 2. The molecule has 3 rings (SSSR count). The van der Waals surface area contributed by atoms with Crippen LogP contribution in [0, 0.1) is 6.92 Å². The molecule has 0 saturated heterocycles. The second kappa shape index (κ2) is 5.10. The maximum Gasteiger partial charge on any atom is 0.231 e. The number of ether oxygens (including phenoxy) is 2. The molecule has 1 aliphatic rings. The Hall–Kier alpha value is -1.53. The number of hydrogen-bond acceptors (Lipinski definition) is 5. The fourth-order valence-corrected chi connectivity index (χ4v) is 2.59. The second-order valence-corrected chi connectivity index (χ2v) is 5.44. The molecular formula is C13H11BrClN3O2. The van der Waals surface area contributed by atoms with Gasteiger partial charge in [0.2, 0.25) is 6.79 Å². The highest BCUT2D eigenvalue weighted by atomic mass is 79.9. The molecule has 0 bridgehead atoms. The molecule has 7 heteroatoms. The third-order valence-corrected chi connectivity index (χ3v) is 4.17. The fourth-order valence-electron chi connectivity index (χ4n) is 1.95. The molecule has 1 aliphatic heterocycles. The monoisotopic (exact) mass is 355 g/mol. The molecular weight excluding hydrogens is 346 g/mol. The van der Waals surface area contributed by atoms with Crippen LogP contribution in [0.1, 0.15) is 5.69 Å². The van der Waals surface area contributed by atoms with E-state index >= 15 is 0 Å². The van der Waals surface area contributed by atoms with Crippen LogP contribution in [0.4, 0.5) is 5.82 Å². The average Bonchev–Trinajstić information content (AvgIpc) is 2.90. The zero-order valence-corrected chi connectivity index (χ0v) is 13.2. The van der Waals surface area contributed by atoms with Crippen molar-refractivity contribution >= 4 is 33.3 Å². The van der Waals surface area contributed by atoms with Crippen LogP contribution in [0.15, 0.2) is 16.6 Å². The second-order valence-electron chi connectivity index (χ2n) is 4.24. The zero-order chi connectivity index (χ0) is 14.3. The van der Waals surface area contributed by atoms with Crippen LogP contribution in [-0.4, -0.2) is 23.8 Å². The van der Waals surface area contributed by atoms with E-state index in [1.165, 1.54) is 0 Å². The highest BCUT2D eigenvalue weighted by Gasteiger charge is 2.20. The molecule has 2 heterocycles. The van der Waals surface area contributed by atoms with E-state index in [-0.39, 0.29) is 6.79 Å². The van der Waals surface area contributed by atoms with Gasteiger partial charge in [-0.3, -0.25) is 0 Å². The van der Waals surface area contributed by atoms with Crippen molar-refractivity contribution in [2.45, 2.75) is 6.92 Å². The molecule has 104 valence electrons. The molecule has 0 unspecified atom stereocenters. The molecule has 20 heavy (non-hydrogen) atoms. The van der Waals surface area contributed by atoms with Crippen LogP contribution < -0.4 is 14.8 Å². The van der Waals surface area contributed by atoms with E-state index in [9.17, 15) is 0 Å². The molecule has 5 nitrogen and oxygen atoms in total. The predicted molar refractivity (Wildman–Crippen MR) is 80.6 cm³/mol. The van der Waals surface area contributed by atoms with E-state index in [4.69, 9.17) is 21.1 Å². The number of rotatable bonds is 2. The average molecular weight is 357 g/mol. The van der Waals surface area contributed by atoms with Crippen molar-refractivity contribution in [3.63, 3.8) is 0 Å². The minimum Gasteiger partial charge on any atom is -0.454 e. The topological polar surface area (TPSA) is 56.3 Å². The van der Waals surface area contributed by atoms with Crippen LogP contribution in [0.25, 0.3) is 11.4 Å². The first-order valence-corrected chi connectivity index (χ1v) is 7.08. The molecule has 0 spiro atoms. The Morgan fingerprint density at radius 1 is 1.30 bits per heavy atom. The summed E-state index contributed by atoms with van der Waals surface area (Å²) in [5.41, 5.74) is 1.62. The van der Waals surface area contributed by atoms with Gasteiger partial charge in [0.25, 0.3) is 0 Å². The van der Waals surface area contributed by atoms with Crippen molar-refractivity contribution in [2.24, 2.45) is 0 Å². The van der Waals surface area contributed by atoms with Crippen LogP contribution in [-0.2, 0) is 0 Å². The van der Waals surface area contributed by atoms with E-state index in [1.54, 1.807) is 6.07 Å². The zero-order valence-electron chi connectivity index (χ0n) is 10.8. The van der Waals surface area contributed by atoms with Crippen LogP contribution in [0.2, 0.25) is 5.02 Å². The summed E-state index contributed by atoms with van der Waals surface area (Å²) < 4.78 is 11.5. The lowest BCUT2D eigenvalue weighted by atomic mass is 10.2. The number of nitrogens with zero attached hydrogens (tertiary/aromatic N) is 2. The van der Waals surface area contributed by atoms with Gasteiger partial charge in [0, 0.05) is 12.6 Å². The van der Waals surface area contributed by atoms with E-state index in [2.05, 4.69) is 31.2 Å². The summed E-state index contributed by atoms with van der Waals surface area (Å²) >= 11 is 9.64. The van der Waals surface area contributed by atoms with Crippen molar-refractivity contribution in [1.29, 1.82) is 0 Å². The Morgan fingerprint density at radius 3 is 2.85 bits per heavy atom. The maximum atomic E-state index is 6.18. The van der Waals surface area contributed by atoms with Gasteiger partial charge in [0.1, 0.15) is 5.82 Å². The number of anilines is 1. The minimum atomic E-state index is 0.181. The SMILES string of the molecule is CNc1nc(-c2cc(Cl)c3c(c2)OCO3)nc(C)c1Br. The molecule has 1 aromatic carbocycles. The van der Waals surface area contributed by atoms with E-state index in [0.717, 1.165) is 21.5 Å².